The van der Waals surface area contributed by atoms with Crippen LogP contribution in [0.5, 0.6) is 0 Å². The molecule has 2 aliphatic rings. The van der Waals surface area contributed by atoms with Gasteiger partial charge >= 0.3 is 6.18 Å². The minimum absolute atomic E-state index is 0.0512. The van der Waals surface area contributed by atoms with Gasteiger partial charge in [-0.3, -0.25) is 9.69 Å². The molecule has 0 saturated carbocycles. The van der Waals surface area contributed by atoms with E-state index in [0.29, 0.717) is 36.3 Å². The highest BCUT2D eigenvalue weighted by Crippen LogP contribution is 2.37. The first-order chi connectivity index (χ1) is 18.6. The van der Waals surface area contributed by atoms with Crippen molar-refractivity contribution in [1.82, 2.24) is 14.9 Å². The second-order valence-electron chi connectivity index (χ2n) is 10.5. The molecular formula is C29H32F3N5O2. The number of hydrogen-bond donors (Lipinski definition) is 3. The third-order valence-corrected chi connectivity index (χ3v) is 7.53. The minimum Gasteiger partial charge on any atom is -0.393 e. The van der Waals surface area contributed by atoms with Crippen molar-refractivity contribution < 1.29 is 23.1 Å². The molecule has 0 radical (unpaired) electrons. The number of carbonyl (C=O) groups is 1. The number of halogens is 3. The van der Waals surface area contributed by atoms with Crippen LogP contribution in [0.2, 0.25) is 0 Å². The largest absolute Gasteiger partial charge is 0.416 e. The molecule has 10 heteroatoms. The van der Waals surface area contributed by atoms with E-state index in [1.54, 1.807) is 6.07 Å². The van der Waals surface area contributed by atoms with Crippen molar-refractivity contribution in [2.75, 3.05) is 17.2 Å². The number of hydrogen-bond acceptors (Lipinski definition) is 6. The van der Waals surface area contributed by atoms with Gasteiger partial charge in [-0.05, 0) is 75.4 Å². The Hall–Kier alpha value is -3.50. The lowest BCUT2D eigenvalue weighted by molar-refractivity contribution is -0.137. The molecule has 7 nitrogen and oxygen atoms in total. The van der Waals surface area contributed by atoms with Crippen molar-refractivity contribution in [2.45, 2.75) is 70.3 Å². The van der Waals surface area contributed by atoms with E-state index in [1.165, 1.54) is 12.4 Å². The molecule has 206 valence electrons. The van der Waals surface area contributed by atoms with E-state index in [2.05, 4.69) is 25.5 Å². The fourth-order valence-electron chi connectivity index (χ4n) is 5.55. The number of amides is 1. The molecule has 2 atom stereocenters. The van der Waals surface area contributed by atoms with Crippen LogP contribution in [0, 0.1) is 0 Å². The highest BCUT2D eigenvalue weighted by Gasteiger charge is 2.34. The minimum atomic E-state index is -4.56. The van der Waals surface area contributed by atoms with Gasteiger partial charge in [0.1, 0.15) is 12.1 Å². The van der Waals surface area contributed by atoms with Crippen LogP contribution >= 0.6 is 0 Å². The molecule has 5 rings (SSSR count). The number of anilines is 3. The zero-order chi connectivity index (χ0) is 27.7. The molecule has 2 heterocycles. The summed E-state index contributed by atoms with van der Waals surface area (Å²) in [7, 11) is 0. The number of rotatable bonds is 6. The SMILES string of the molecule is CC(C)N1CCC[C@H]1C(=O)Nc1cc(C(F)(F)F)ccc1-c1cc(Nc2cccc3c2C[C@@H](O)CC3)ncn1. The van der Waals surface area contributed by atoms with Crippen LogP contribution in [-0.2, 0) is 23.8 Å². The van der Waals surface area contributed by atoms with Crippen molar-refractivity contribution >= 4 is 23.1 Å². The molecule has 1 aliphatic heterocycles. The smallest absolute Gasteiger partial charge is 0.393 e. The lowest BCUT2D eigenvalue weighted by Gasteiger charge is -2.27. The Morgan fingerprint density at radius 1 is 1.10 bits per heavy atom. The summed E-state index contributed by atoms with van der Waals surface area (Å²) in [6, 6.07) is 10.6. The van der Waals surface area contributed by atoms with Gasteiger partial charge in [-0.25, -0.2) is 9.97 Å². The van der Waals surface area contributed by atoms with Gasteiger partial charge in [0.25, 0.3) is 0 Å². The Morgan fingerprint density at radius 2 is 1.92 bits per heavy atom. The molecule has 0 unspecified atom stereocenters. The average molecular weight is 540 g/mol. The topological polar surface area (TPSA) is 90.4 Å². The maximum Gasteiger partial charge on any atom is 0.416 e. The first-order valence-electron chi connectivity index (χ1n) is 13.3. The predicted molar refractivity (Wildman–Crippen MR) is 144 cm³/mol. The molecule has 1 fully saturated rings. The van der Waals surface area contributed by atoms with Crippen molar-refractivity contribution in [3.8, 4) is 11.3 Å². The summed E-state index contributed by atoms with van der Waals surface area (Å²) in [5.74, 6) is 0.121. The van der Waals surface area contributed by atoms with Gasteiger partial charge in [0.15, 0.2) is 0 Å². The number of benzene rings is 2. The number of aliphatic hydroxyl groups is 1. The van der Waals surface area contributed by atoms with E-state index in [-0.39, 0.29) is 17.6 Å². The van der Waals surface area contributed by atoms with Crippen molar-refractivity contribution in [2.24, 2.45) is 0 Å². The summed E-state index contributed by atoms with van der Waals surface area (Å²) in [5, 5.41) is 16.2. The van der Waals surface area contributed by atoms with E-state index < -0.39 is 23.9 Å². The summed E-state index contributed by atoms with van der Waals surface area (Å²) in [5.41, 5.74) is 2.92. The Kier molecular flexibility index (Phi) is 7.59. The molecule has 1 amide bonds. The summed E-state index contributed by atoms with van der Waals surface area (Å²) < 4.78 is 40.8. The van der Waals surface area contributed by atoms with Crippen molar-refractivity contribution in [3.05, 3.63) is 65.5 Å². The van der Waals surface area contributed by atoms with E-state index in [4.69, 9.17) is 0 Å². The molecule has 1 saturated heterocycles. The van der Waals surface area contributed by atoms with Crippen LogP contribution in [-0.4, -0.2) is 50.6 Å². The summed E-state index contributed by atoms with van der Waals surface area (Å²) in [6.07, 6.45) is -0.112. The second kappa shape index (κ2) is 10.9. The number of aliphatic hydroxyl groups excluding tert-OH is 1. The molecule has 0 bridgehead atoms. The van der Waals surface area contributed by atoms with E-state index in [9.17, 15) is 23.1 Å². The number of likely N-dealkylation sites (tertiary alicyclic amines) is 1. The molecule has 1 aromatic heterocycles. The number of nitrogens with one attached hydrogen (secondary N) is 2. The van der Waals surface area contributed by atoms with Gasteiger partial charge in [-0.15, -0.1) is 0 Å². The number of nitrogens with zero attached hydrogens (tertiary/aromatic N) is 3. The maximum atomic E-state index is 13.6. The number of aromatic nitrogens is 2. The van der Waals surface area contributed by atoms with Gasteiger partial charge in [0.05, 0.1) is 29.1 Å². The zero-order valence-electron chi connectivity index (χ0n) is 21.9. The molecule has 1 aliphatic carbocycles. The second-order valence-corrected chi connectivity index (χ2v) is 10.5. The van der Waals surface area contributed by atoms with Crippen molar-refractivity contribution in [1.29, 1.82) is 0 Å². The van der Waals surface area contributed by atoms with Gasteiger partial charge in [-0.1, -0.05) is 18.2 Å². The first kappa shape index (κ1) is 27.1. The highest BCUT2D eigenvalue weighted by atomic mass is 19.4. The van der Waals surface area contributed by atoms with Gasteiger partial charge in [-0.2, -0.15) is 13.2 Å². The molecule has 2 aromatic carbocycles. The Labute approximate surface area is 225 Å². The number of alkyl halides is 3. The number of carbonyl (C=O) groups excluding carboxylic acids is 1. The van der Waals surface area contributed by atoms with E-state index in [0.717, 1.165) is 48.3 Å². The average Bonchev–Trinajstić information content (AvgIpc) is 3.40. The number of fused-ring (bicyclic) bond motifs is 1. The summed E-state index contributed by atoms with van der Waals surface area (Å²) in [6.45, 7) is 4.77. The van der Waals surface area contributed by atoms with E-state index >= 15 is 0 Å². The molecule has 39 heavy (non-hydrogen) atoms. The van der Waals surface area contributed by atoms with Crippen molar-refractivity contribution in [3.63, 3.8) is 0 Å². The Balaban J connectivity index is 1.47. The Morgan fingerprint density at radius 3 is 2.69 bits per heavy atom. The van der Waals surface area contributed by atoms with Gasteiger partial charge in [0, 0.05) is 29.8 Å². The fraction of sp³-hybridized carbons (Fsp3) is 0.414. The predicted octanol–water partition coefficient (Wildman–Crippen LogP) is 5.57. The maximum absolute atomic E-state index is 13.6. The normalized spacial score (nSPS) is 19.7. The number of aryl methyl sites for hydroxylation is 1. The monoisotopic (exact) mass is 539 g/mol. The van der Waals surface area contributed by atoms with Crippen LogP contribution in [0.1, 0.15) is 49.8 Å². The van der Waals surface area contributed by atoms with Crippen LogP contribution in [0.15, 0.2) is 48.8 Å². The molecule has 3 aromatic rings. The lowest BCUT2D eigenvalue weighted by atomic mass is 9.88. The quantitative estimate of drug-likeness (QED) is 0.380. The summed E-state index contributed by atoms with van der Waals surface area (Å²) >= 11 is 0. The standard InChI is InChI=1S/C29H32F3N5O2/c1-17(2)37-12-4-7-26(37)28(39)36-25-13-19(29(30,31)32)9-11-21(25)24-15-27(34-16-33-24)35-23-6-3-5-18-8-10-20(38)14-22(18)23/h3,5-6,9,11,13,15-17,20,26,38H,4,7-8,10,12,14H2,1-2H3,(H,36,39)(H,33,34,35)/t20-,26-/m0/s1. The third kappa shape index (κ3) is 5.91. The molecule has 3 N–H and O–H groups in total. The van der Waals surface area contributed by atoms with Crippen LogP contribution in [0.3, 0.4) is 0 Å². The fourth-order valence-corrected chi connectivity index (χ4v) is 5.55. The van der Waals surface area contributed by atoms with Crippen LogP contribution in [0.25, 0.3) is 11.3 Å². The van der Waals surface area contributed by atoms with Gasteiger partial charge in [0.2, 0.25) is 5.91 Å². The van der Waals surface area contributed by atoms with Crippen LogP contribution in [0.4, 0.5) is 30.4 Å². The van der Waals surface area contributed by atoms with Crippen LogP contribution < -0.4 is 10.6 Å². The first-order valence-corrected chi connectivity index (χ1v) is 13.3. The zero-order valence-corrected chi connectivity index (χ0v) is 21.9. The lowest BCUT2D eigenvalue weighted by Crippen LogP contribution is -2.43. The highest BCUT2D eigenvalue weighted by molar-refractivity contribution is 5.98. The Bertz CT molecular complexity index is 1360. The molecular weight excluding hydrogens is 507 g/mol. The van der Waals surface area contributed by atoms with Gasteiger partial charge < -0.3 is 15.7 Å². The molecule has 0 spiro atoms. The summed E-state index contributed by atoms with van der Waals surface area (Å²) in [4.78, 5) is 23.9. The van der Waals surface area contributed by atoms with E-state index in [1.807, 2.05) is 32.0 Å². The third-order valence-electron chi connectivity index (χ3n) is 7.53.